The standard InChI is InChI=1S/C4H8O.C4H6/c1-2-3-4-5;1-3-4-2/h3-5H,2H2,1H3;3-4H,1-2H2. The first-order valence-electron chi connectivity index (χ1n) is 2.86. The lowest BCUT2D eigenvalue weighted by molar-refractivity contribution is 0.471. The minimum atomic E-state index is 0.913. The van der Waals surface area contributed by atoms with Crippen LogP contribution in [-0.4, -0.2) is 5.11 Å². The van der Waals surface area contributed by atoms with E-state index in [2.05, 4.69) is 13.2 Å². The molecule has 0 aromatic rings. The lowest BCUT2D eigenvalue weighted by Gasteiger charge is -1.65. The Morgan fingerprint density at radius 1 is 1.33 bits per heavy atom. The minimum absolute atomic E-state index is 0.913. The van der Waals surface area contributed by atoms with Crippen molar-refractivity contribution in [3.8, 4) is 0 Å². The molecule has 0 aliphatic heterocycles. The molecule has 0 amide bonds. The normalized spacial score (nSPS) is 7.67. The van der Waals surface area contributed by atoms with Crippen molar-refractivity contribution in [2.75, 3.05) is 0 Å². The third-order valence-electron chi connectivity index (χ3n) is 0.508. The van der Waals surface area contributed by atoms with Gasteiger partial charge in [0.1, 0.15) is 0 Å². The zero-order chi connectivity index (χ0) is 7.54. The monoisotopic (exact) mass is 126 g/mol. The zero-order valence-electron chi connectivity index (χ0n) is 5.88. The average molecular weight is 126 g/mol. The molecular formula is C8H14O. The van der Waals surface area contributed by atoms with Crippen LogP contribution < -0.4 is 0 Å². The molecule has 9 heavy (non-hydrogen) atoms. The zero-order valence-corrected chi connectivity index (χ0v) is 5.88. The summed E-state index contributed by atoms with van der Waals surface area (Å²) in [5, 5.41) is 7.89. The summed E-state index contributed by atoms with van der Waals surface area (Å²) in [6.45, 7) is 8.69. The van der Waals surface area contributed by atoms with Crippen LogP contribution in [0.5, 0.6) is 0 Å². The van der Waals surface area contributed by atoms with E-state index in [1.54, 1.807) is 18.2 Å². The fraction of sp³-hybridized carbons (Fsp3) is 0.250. The summed E-state index contributed by atoms with van der Waals surface area (Å²) in [7, 11) is 0. The van der Waals surface area contributed by atoms with Crippen LogP contribution in [0.25, 0.3) is 0 Å². The molecule has 0 atom stereocenters. The molecule has 0 saturated carbocycles. The highest BCUT2D eigenvalue weighted by Crippen LogP contribution is 1.71. The largest absolute Gasteiger partial charge is 0.516 e. The van der Waals surface area contributed by atoms with Gasteiger partial charge in [-0.15, -0.1) is 0 Å². The Morgan fingerprint density at radius 2 is 1.78 bits per heavy atom. The van der Waals surface area contributed by atoms with Crippen molar-refractivity contribution in [1.29, 1.82) is 0 Å². The summed E-state index contributed by atoms with van der Waals surface area (Å²) >= 11 is 0. The maximum atomic E-state index is 7.89. The van der Waals surface area contributed by atoms with Gasteiger partial charge in [0.25, 0.3) is 0 Å². The van der Waals surface area contributed by atoms with Gasteiger partial charge in [-0.2, -0.15) is 0 Å². The summed E-state index contributed by atoms with van der Waals surface area (Å²) in [5.41, 5.74) is 0. The van der Waals surface area contributed by atoms with Crippen molar-refractivity contribution in [3.05, 3.63) is 37.6 Å². The Morgan fingerprint density at radius 3 is 1.78 bits per heavy atom. The van der Waals surface area contributed by atoms with E-state index < -0.39 is 0 Å². The second-order valence-corrected chi connectivity index (χ2v) is 1.26. The third kappa shape index (κ3) is 43.4. The van der Waals surface area contributed by atoms with Gasteiger partial charge in [-0.3, -0.25) is 0 Å². The molecule has 1 N–H and O–H groups in total. The van der Waals surface area contributed by atoms with E-state index in [4.69, 9.17) is 5.11 Å². The highest BCUT2D eigenvalue weighted by atomic mass is 16.2. The van der Waals surface area contributed by atoms with Crippen molar-refractivity contribution >= 4 is 0 Å². The second kappa shape index (κ2) is 15.7. The fourth-order valence-corrected chi connectivity index (χ4v) is 0.105. The van der Waals surface area contributed by atoms with Crippen LogP contribution in [0.15, 0.2) is 37.6 Å². The molecular weight excluding hydrogens is 112 g/mol. The van der Waals surface area contributed by atoms with Crippen molar-refractivity contribution in [3.63, 3.8) is 0 Å². The summed E-state index contributed by atoms with van der Waals surface area (Å²) in [4.78, 5) is 0. The molecule has 0 saturated heterocycles. The third-order valence-corrected chi connectivity index (χ3v) is 0.508. The lowest BCUT2D eigenvalue weighted by Crippen LogP contribution is -1.48. The molecule has 1 heteroatoms. The molecule has 0 radical (unpaired) electrons. The molecule has 0 aliphatic rings. The summed E-state index contributed by atoms with van der Waals surface area (Å²) in [5.74, 6) is 0. The van der Waals surface area contributed by atoms with Gasteiger partial charge in [-0.1, -0.05) is 38.3 Å². The van der Waals surface area contributed by atoms with E-state index in [-0.39, 0.29) is 0 Å². The smallest absolute Gasteiger partial charge is 0.0751 e. The first-order chi connectivity index (χ1) is 4.33. The maximum Gasteiger partial charge on any atom is 0.0751 e. The molecule has 1 nitrogen and oxygen atoms in total. The topological polar surface area (TPSA) is 20.2 Å². The van der Waals surface area contributed by atoms with E-state index in [0.717, 1.165) is 12.7 Å². The summed E-state index contributed by atoms with van der Waals surface area (Å²) < 4.78 is 0. The van der Waals surface area contributed by atoms with E-state index in [9.17, 15) is 0 Å². The van der Waals surface area contributed by atoms with Gasteiger partial charge < -0.3 is 5.11 Å². The quantitative estimate of drug-likeness (QED) is 0.445. The summed E-state index contributed by atoms with van der Waals surface area (Å²) in [6.07, 6.45) is 6.93. The van der Waals surface area contributed by atoms with Crippen molar-refractivity contribution in [1.82, 2.24) is 0 Å². The average Bonchev–Trinajstić information content (AvgIpc) is 1.91. The molecule has 0 spiro atoms. The number of aliphatic hydroxyl groups excluding tert-OH is 1. The first kappa shape index (κ1) is 10.9. The molecule has 0 bridgehead atoms. The minimum Gasteiger partial charge on any atom is -0.516 e. The number of aliphatic hydroxyl groups is 1. The predicted octanol–water partition coefficient (Wildman–Crippen LogP) is 2.83. The maximum absolute atomic E-state index is 7.89. The van der Waals surface area contributed by atoms with Gasteiger partial charge in [0.05, 0.1) is 6.26 Å². The van der Waals surface area contributed by atoms with Gasteiger partial charge in [0.15, 0.2) is 0 Å². The van der Waals surface area contributed by atoms with Gasteiger partial charge in [0, 0.05) is 0 Å². The van der Waals surface area contributed by atoms with E-state index in [1.165, 1.54) is 0 Å². The van der Waals surface area contributed by atoms with Crippen LogP contribution in [0.4, 0.5) is 0 Å². The molecule has 0 aliphatic carbocycles. The highest BCUT2D eigenvalue weighted by molar-refractivity contribution is 4.88. The van der Waals surface area contributed by atoms with Crippen LogP contribution in [0, 0.1) is 0 Å². The SMILES string of the molecule is C=CC=C.CCC=CO. The van der Waals surface area contributed by atoms with Crippen molar-refractivity contribution in [2.45, 2.75) is 13.3 Å². The predicted molar refractivity (Wildman–Crippen MR) is 42.5 cm³/mol. The lowest BCUT2D eigenvalue weighted by atomic mass is 10.5. The Balaban J connectivity index is 0. The number of rotatable bonds is 2. The van der Waals surface area contributed by atoms with Gasteiger partial charge >= 0.3 is 0 Å². The molecule has 0 aromatic heterocycles. The van der Waals surface area contributed by atoms with Crippen LogP contribution in [0.3, 0.4) is 0 Å². The van der Waals surface area contributed by atoms with E-state index in [0.29, 0.717) is 0 Å². The number of hydrogen-bond donors (Lipinski definition) is 1. The van der Waals surface area contributed by atoms with Crippen molar-refractivity contribution in [2.24, 2.45) is 0 Å². The van der Waals surface area contributed by atoms with Crippen LogP contribution in [-0.2, 0) is 0 Å². The highest BCUT2D eigenvalue weighted by Gasteiger charge is 1.53. The number of allylic oxidation sites excluding steroid dienone is 3. The molecule has 0 fully saturated rings. The molecule has 0 heterocycles. The Labute approximate surface area is 57.0 Å². The fourth-order valence-electron chi connectivity index (χ4n) is 0.105. The molecule has 0 rings (SSSR count). The van der Waals surface area contributed by atoms with Crippen LogP contribution >= 0.6 is 0 Å². The first-order valence-corrected chi connectivity index (χ1v) is 2.86. The van der Waals surface area contributed by atoms with Gasteiger partial charge in [-0.25, -0.2) is 0 Å². The molecule has 52 valence electrons. The van der Waals surface area contributed by atoms with Crippen LogP contribution in [0.1, 0.15) is 13.3 Å². The van der Waals surface area contributed by atoms with E-state index in [1.807, 2.05) is 6.92 Å². The van der Waals surface area contributed by atoms with Gasteiger partial charge in [-0.05, 0) is 6.42 Å². The Kier molecular flexibility index (Phi) is 19.1. The Hall–Kier alpha value is -0.980. The van der Waals surface area contributed by atoms with E-state index >= 15 is 0 Å². The number of hydrogen-bond acceptors (Lipinski definition) is 1. The Bertz CT molecular complexity index is 76.6. The summed E-state index contributed by atoms with van der Waals surface area (Å²) in [6, 6.07) is 0. The molecule has 0 aromatic carbocycles. The van der Waals surface area contributed by atoms with Gasteiger partial charge in [0.2, 0.25) is 0 Å². The van der Waals surface area contributed by atoms with Crippen LogP contribution in [0.2, 0.25) is 0 Å². The molecule has 0 unspecified atom stereocenters. The van der Waals surface area contributed by atoms with Crippen molar-refractivity contribution < 1.29 is 5.11 Å². The second-order valence-electron chi connectivity index (χ2n) is 1.26.